The van der Waals surface area contributed by atoms with Gasteiger partial charge in [-0.1, -0.05) is 48.0 Å². The Bertz CT molecular complexity index is 1050. The van der Waals surface area contributed by atoms with Gasteiger partial charge in [0.05, 0.1) is 14.2 Å². The van der Waals surface area contributed by atoms with Gasteiger partial charge in [0.15, 0.2) is 11.5 Å². The molecule has 0 saturated carbocycles. The summed E-state index contributed by atoms with van der Waals surface area (Å²) in [6.45, 7) is 0.401. The predicted molar refractivity (Wildman–Crippen MR) is 114 cm³/mol. The Balaban J connectivity index is 1.70. The minimum Gasteiger partial charge on any atom is -0.493 e. The summed E-state index contributed by atoms with van der Waals surface area (Å²) in [6, 6.07) is 20.8. The number of nitrogens with one attached hydrogen (secondary N) is 1. The van der Waals surface area contributed by atoms with Crippen molar-refractivity contribution in [3.63, 3.8) is 0 Å². The van der Waals surface area contributed by atoms with Gasteiger partial charge in [0.1, 0.15) is 6.17 Å². The quantitative estimate of drug-likeness (QED) is 0.614. The van der Waals surface area contributed by atoms with Crippen molar-refractivity contribution in [2.75, 3.05) is 19.5 Å². The Morgan fingerprint density at radius 3 is 2.45 bits per heavy atom. The summed E-state index contributed by atoms with van der Waals surface area (Å²) in [5, 5.41) is 4.11. The van der Waals surface area contributed by atoms with E-state index < -0.39 is 0 Å². The fraction of sp³-hybridized carbons (Fsp3) is 0.174. The van der Waals surface area contributed by atoms with Crippen LogP contribution in [-0.2, 0) is 6.54 Å². The smallest absolute Gasteiger partial charge is 0.256 e. The number of hydrogen-bond acceptors (Lipinski definition) is 4. The highest BCUT2D eigenvalue weighted by molar-refractivity contribution is 6.31. The number of ether oxygens (including phenoxy) is 2. The summed E-state index contributed by atoms with van der Waals surface area (Å²) < 4.78 is 10.7. The number of hydrogen-bond donors (Lipinski definition) is 1. The number of carbonyl (C=O) groups is 1. The topological polar surface area (TPSA) is 50.8 Å². The standard InChI is InChI=1S/C23H21ClN2O3/c1-28-20-12-11-16(13-21(20)29-2)25-22-17-8-4-5-9-18(17)23(27)26(22)14-15-7-3-6-10-19(15)24/h3-13,22,25H,14H2,1-2H3/t22-/m1/s1. The molecule has 1 amide bonds. The summed E-state index contributed by atoms with van der Waals surface area (Å²) in [5.74, 6) is 1.24. The van der Waals surface area contributed by atoms with Crippen molar-refractivity contribution in [1.29, 1.82) is 0 Å². The van der Waals surface area contributed by atoms with E-state index >= 15 is 0 Å². The minimum atomic E-state index is -0.326. The lowest BCUT2D eigenvalue weighted by atomic mass is 10.1. The van der Waals surface area contributed by atoms with Crippen molar-refractivity contribution >= 4 is 23.2 Å². The Hall–Kier alpha value is -3.18. The Morgan fingerprint density at radius 1 is 0.966 bits per heavy atom. The summed E-state index contributed by atoms with van der Waals surface area (Å²) in [5.41, 5.74) is 3.34. The van der Waals surface area contributed by atoms with Crippen molar-refractivity contribution in [2.24, 2.45) is 0 Å². The summed E-state index contributed by atoms with van der Waals surface area (Å²) in [4.78, 5) is 14.9. The van der Waals surface area contributed by atoms with Crippen LogP contribution in [0.4, 0.5) is 5.69 Å². The second-order valence-electron chi connectivity index (χ2n) is 6.73. The van der Waals surface area contributed by atoms with Crippen molar-refractivity contribution in [2.45, 2.75) is 12.7 Å². The van der Waals surface area contributed by atoms with Crippen molar-refractivity contribution < 1.29 is 14.3 Å². The van der Waals surface area contributed by atoms with Crippen LogP contribution >= 0.6 is 11.6 Å². The van der Waals surface area contributed by atoms with E-state index in [0.29, 0.717) is 28.6 Å². The van der Waals surface area contributed by atoms with Crippen LogP contribution in [0.1, 0.15) is 27.7 Å². The molecule has 6 heteroatoms. The van der Waals surface area contributed by atoms with Crippen molar-refractivity contribution in [1.82, 2.24) is 4.90 Å². The third-order valence-corrected chi connectivity index (χ3v) is 5.41. The van der Waals surface area contributed by atoms with Crippen LogP contribution in [0.25, 0.3) is 0 Å². The maximum Gasteiger partial charge on any atom is 0.256 e. The molecule has 4 rings (SSSR count). The molecule has 1 N–H and O–H groups in total. The Labute approximate surface area is 174 Å². The zero-order chi connectivity index (χ0) is 20.4. The maximum absolute atomic E-state index is 13.1. The van der Waals surface area contributed by atoms with Gasteiger partial charge in [0.2, 0.25) is 0 Å². The normalized spacial score (nSPS) is 15.2. The van der Waals surface area contributed by atoms with Gasteiger partial charge in [-0.25, -0.2) is 0 Å². The maximum atomic E-state index is 13.1. The molecule has 0 bridgehead atoms. The van der Waals surface area contributed by atoms with Crippen LogP contribution in [0, 0.1) is 0 Å². The highest BCUT2D eigenvalue weighted by Gasteiger charge is 2.36. The van der Waals surface area contributed by atoms with Crippen LogP contribution < -0.4 is 14.8 Å². The molecule has 0 spiro atoms. The van der Waals surface area contributed by atoms with Gasteiger partial charge in [-0.15, -0.1) is 0 Å². The third-order valence-electron chi connectivity index (χ3n) is 5.04. The van der Waals surface area contributed by atoms with Gasteiger partial charge >= 0.3 is 0 Å². The molecule has 3 aromatic rings. The van der Waals surface area contributed by atoms with E-state index in [2.05, 4.69) is 5.32 Å². The molecule has 1 aliphatic rings. The first kappa shape index (κ1) is 19.2. The second kappa shape index (κ2) is 8.05. The molecule has 0 aliphatic carbocycles. The highest BCUT2D eigenvalue weighted by Crippen LogP contribution is 2.38. The fourth-order valence-electron chi connectivity index (χ4n) is 3.58. The first-order valence-corrected chi connectivity index (χ1v) is 9.62. The monoisotopic (exact) mass is 408 g/mol. The second-order valence-corrected chi connectivity index (χ2v) is 7.14. The average molecular weight is 409 g/mol. The van der Waals surface area contributed by atoms with E-state index in [1.165, 1.54) is 0 Å². The first-order chi connectivity index (χ1) is 14.1. The van der Waals surface area contributed by atoms with Gasteiger partial charge in [0, 0.05) is 34.4 Å². The molecule has 0 saturated heterocycles. The molecule has 148 valence electrons. The fourth-order valence-corrected chi connectivity index (χ4v) is 3.78. The van der Waals surface area contributed by atoms with E-state index in [-0.39, 0.29) is 12.1 Å². The summed E-state index contributed by atoms with van der Waals surface area (Å²) in [6.07, 6.45) is -0.326. The van der Waals surface area contributed by atoms with Crippen LogP contribution in [-0.4, -0.2) is 25.0 Å². The van der Waals surface area contributed by atoms with Gasteiger partial charge in [0.25, 0.3) is 5.91 Å². The zero-order valence-electron chi connectivity index (χ0n) is 16.2. The average Bonchev–Trinajstić information content (AvgIpc) is 3.01. The molecule has 1 heterocycles. The van der Waals surface area contributed by atoms with Gasteiger partial charge in [-0.3, -0.25) is 4.79 Å². The molecule has 3 aromatic carbocycles. The third kappa shape index (κ3) is 3.61. The van der Waals surface area contributed by atoms with Crippen LogP contribution in [0.2, 0.25) is 5.02 Å². The van der Waals surface area contributed by atoms with Gasteiger partial charge in [-0.2, -0.15) is 0 Å². The van der Waals surface area contributed by atoms with E-state index in [1.807, 2.05) is 66.7 Å². The molecule has 5 nitrogen and oxygen atoms in total. The lowest BCUT2D eigenvalue weighted by Gasteiger charge is -2.28. The number of halogens is 1. The molecule has 0 aromatic heterocycles. The van der Waals surface area contributed by atoms with E-state index in [1.54, 1.807) is 19.1 Å². The zero-order valence-corrected chi connectivity index (χ0v) is 16.9. The number of anilines is 1. The number of amides is 1. The number of rotatable bonds is 6. The number of carbonyl (C=O) groups excluding carboxylic acids is 1. The van der Waals surface area contributed by atoms with Crippen LogP contribution in [0.15, 0.2) is 66.7 Å². The SMILES string of the molecule is COc1ccc(N[C@H]2c3ccccc3C(=O)N2Cc2ccccc2Cl)cc1OC. The molecule has 0 unspecified atom stereocenters. The number of nitrogens with zero attached hydrogens (tertiary/aromatic N) is 1. The Kier molecular flexibility index (Phi) is 5.32. The van der Waals surface area contributed by atoms with Crippen LogP contribution in [0.5, 0.6) is 11.5 Å². The Morgan fingerprint density at radius 2 is 1.69 bits per heavy atom. The summed E-state index contributed by atoms with van der Waals surface area (Å²) in [7, 11) is 3.20. The van der Waals surface area contributed by atoms with Gasteiger partial charge < -0.3 is 19.7 Å². The van der Waals surface area contributed by atoms with Crippen molar-refractivity contribution in [3.05, 3.63) is 88.4 Å². The van der Waals surface area contributed by atoms with Crippen molar-refractivity contribution in [3.8, 4) is 11.5 Å². The van der Waals surface area contributed by atoms with Gasteiger partial charge in [-0.05, 0) is 29.8 Å². The summed E-state index contributed by atoms with van der Waals surface area (Å²) >= 11 is 6.35. The molecular formula is C23H21ClN2O3. The molecule has 1 aliphatic heterocycles. The molecule has 1 atom stereocenters. The molecule has 0 radical (unpaired) electrons. The number of methoxy groups -OCH3 is 2. The van der Waals surface area contributed by atoms with Crippen LogP contribution in [0.3, 0.4) is 0 Å². The molecule has 0 fully saturated rings. The first-order valence-electron chi connectivity index (χ1n) is 9.24. The largest absolute Gasteiger partial charge is 0.493 e. The molecular weight excluding hydrogens is 388 g/mol. The van der Waals surface area contributed by atoms with E-state index in [0.717, 1.165) is 16.8 Å². The van der Waals surface area contributed by atoms with E-state index in [9.17, 15) is 4.79 Å². The minimum absolute atomic E-state index is 0.0292. The van der Waals surface area contributed by atoms with E-state index in [4.69, 9.17) is 21.1 Å². The lowest BCUT2D eigenvalue weighted by Crippen LogP contribution is -2.32. The lowest BCUT2D eigenvalue weighted by molar-refractivity contribution is 0.0729. The number of benzene rings is 3. The number of fused-ring (bicyclic) bond motifs is 1. The highest BCUT2D eigenvalue weighted by atomic mass is 35.5. The predicted octanol–water partition coefficient (Wildman–Crippen LogP) is 5.12. The molecule has 29 heavy (non-hydrogen) atoms.